The molecule has 2 aromatic rings. The summed E-state index contributed by atoms with van der Waals surface area (Å²) in [5.74, 6) is 0.803. The predicted octanol–water partition coefficient (Wildman–Crippen LogP) is 4.99. The fraction of sp³-hybridized carbons (Fsp3) is 0.278. The maximum Gasteiger partial charge on any atom is 0.322 e. The number of aryl methyl sites for hydroxylation is 1. The number of urea groups is 1. The van der Waals surface area contributed by atoms with Crippen LogP contribution in [0.3, 0.4) is 0 Å². The molecule has 2 rings (SSSR count). The minimum Gasteiger partial charge on any atom is -0.497 e. The van der Waals surface area contributed by atoms with Crippen molar-refractivity contribution in [3.05, 3.63) is 58.1 Å². The van der Waals surface area contributed by atoms with Gasteiger partial charge in [0.2, 0.25) is 0 Å². The van der Waals surface area contributed by atoms with E-state index < -0.39 is 0 Å². The van der Waals surface area contributed by atoms with E-state index in [1.165, 1.54) is 0 Å². The number of ether oxygens (including phenoxy) is 1. The highest BCUT2D eigenvalue weighted by molar-refractivity contribution is 9.10. The van der Waals surface area contributed by atoms with Crippen molar-refractivity contribution in [1.82, 2.24) is 4.90 Å². The average molecular weight is 377 g/mol. The Labute approximate surface area is 145 Å². The number of halogens is 1. The molecule has 4 nitrogen and oxygen atoms in total. The molecule has 23 heavy (non-hydrogen) atoms. The molecule has 5 heteroatoms. The zero-order valence-electron chi connectivity index (χ0n) is 13.8. The predicted molar refractivity (Wildman–Crippen MR) is 97.1 cm³/mol. The van der Waals surface area contributed by atoms with Gasteiger partial charge in [0.25, 0.3) is 0 Å². The van der Waals surface area contributed by atoms with E-state index >= 15 is 0 Å². The number of benzene rings is 2. The fourth-order valence-corrected chi connectivity index (χ4v) is 2.54. The maximum absolute atomic E-state index is 12.4. The lowest BCUT2D eigenvalue weighted by atomic mass is 10.1. The molecule has 1 atom stereocenters. The number of methoxy groups -OCH3 is 1. The van der Waals surface area contributed by atoms with Gasteiger partial charge in [0.05, 0.1) is 13.2 Å². The normalized spacial score (nSPS) is 11.7. The van der Waals surface area contributed by atoms with Gasteiger partial charge in [0, 0.05) is 17.2 Å². The van der Waals surface area contributed by atoms with Crippen LogP contribution in [0, 0.1) is 6.92 Å². The van der Waals surface area contributed by atoms with E-state index in [0.717, 1.165) is 27.0 Å². The summed E-state index contributed by atoms with van der Waals surface area (Å²) in [5.41, 5.74) is 2.94. The second kappa shape index (κ2) is 7.51. The first-order valence-corrected chi connectivity index (χ1v) is 8.15. The molecule has 0 spiro atoms. The number of rotatable bonds is 4. The summed E-state index contributed by atoms with van der Waals surface area (Å²) in [7, 11) is 3.42. The van der Waals surface area contributed by atoms with Gasteiger partial charge in [-0.15, -0.1) is 0 Å². The fourth-order valence-electron chi connectivity index (χ4n) is 2.16. The summed E-state index contributed by atoms with van der Waals surface area (Å²) < 4.78 is 6.13. The number of nitrogens with one attached hydrogen (secondary N) is 1. The van der Waals surface area contributed by atoms with Gasteiger partial charge < -0.3 is 15.0 Å². The number of carbonyl (C=O) groups is 1. The highest BCUT2D eigenvalue weighted by Crippen LogP contribution is 2.24. The van der Waals surface area contributed by atoms with E-state index in [2.05, 4.69) is 21.2 Å². The molecule has 0 aliphatic rings. The molecule has 0 fully saturated rings. The van der Waals surface area contributed by atoms with Gasteiger partial charge in [-0.1, -0.05) is 34.1 Å². The summed E-state index contributed by atoms with van der Waals surface area (Å²) in [4.78, 5) is 14.1. The topological polar surface area (TPSA) is 41.6 Å². The van der Waals surface area contributed by atoms with Gasteiger partial charge in [-0.25, -0.2) is 4.79 Å². The van der Waals surface area contributed by atoms with Crippen LogP contribution in [-0.2, 0) is 0 Å². The van der Waals surface area contributed by atoms with Crippen LogP contribution in [0.5, 0.6) is 5.75 Å². The maximum atomic E-state index is 12.4. The Morgan fingerprint density at radius 2 is 1.87 bits per heavy atom. The number of nitrogens with zero attached hydrogens (tertiary/aromatic N) is 1. The van der Waals surface area contributed by atoms with Crippen molar-refractivity contribution in [2.24, 2.45) is 0 Å². The first kappa shape index (κ1) is 17.3. The first-order chi connectivity index (χ1) is 10.9. The first-order valence-electron chi connectivity index (χ1n) is 7.36. The van der Waals surface area contributed by atoms with Gasteiger partial charge in [-0.05, 0) is 49.2 Å². The smallest absolute Gasteiger partial charge is 0.322 e. The van der Waals surface area contributed by atoms with Gasteiger partial charge >= 0.3 is 6.03 Å². The molecular weight excluding hydrogens is 356 g/mol. The lowest BCUT2D eigenvalue weighted by molar-refractivity contribution is 0.208. The van der Waals surface area contributed by atoms with E-state index in [4.69, 9.17) is 4.74 Å². The number of hydrogen-bond acceptors (Lipinski definition) is 2. The van der Waals surface area contributed by atoms with E-state index in [-0.39, 0.29) is 12.1 Å². The van der Waals surface area contributed by atoms with E-state index in [0.29, 0.717) is 0 Å². The highest BCUT2D eigenvalue weighted by atomic mass is 79.9. The average Bonchev–Trinajstić information content (AvgIpc) is 2.57. The molecule has 0 saturated carbocycles. The van der Waals surface area contributed by atoms with Crippen LogP contribution in [0.4, 0.5) is 10.5 Å². The molecule has 0 saturated heterocycles. The molecule has 2 amide bonds. The standard InChI is InChI=1S/C18H21BrN2O2/c1-12-5-8-15(11-17(12)19)20-18(22)21(3)13(2)14-6-9-16(23-4)10-7-14/h5-11,13H,1-4H3,(H,20,22). The van der Waals surface area contributed by atoms with Crippen LogP contribution in [0.1, 0.15) is 24.1 Å². The monoisotopic (exact) mass is 376 g/mol. The zero-order chi connectivity index (χ0) is 17.0. The van der Waals surface area contributed by atoms with E-state index in [1.54, 1.807) is 19.1 Å². The van der Waals surface area contributed by atoms with Crippen LogP contribution < -0.4 is 10.1 Å². The second-order valence-electron chi connectivity index (χ2n) is 5.45. The number of amides is 2. The quantitative estimate of drug-likeness (QED) is 0.816. The Kier molecular flexibility index (Phi) is 5.66. The number of hydrogen-bond donors (Lipinski definition) is 1. The zero-order valence-corrected chi connectivity index (χ0v) is 15.3. The summed E-state index contributed by atoms with van der Waals surface area (Å²) in [6.45, 7) is 4.00. The Morgan fingerprint density at radius 3 is 2.43 bits per heavy atom. The molecule has 1 N–H and O–H groups in total. The summed E-state index contributed by atoms with van der Waals surface area (Å²) >= 11 is 3.48. The van der Waals surface area contributed by atoms with Crippen LogP contribution in [-0.4, -0.2) is 25.1 Å². The molecule has 0 aliphatic heterocycles. The molecule has 0 aromatic heterocycles. The minimum absolute atomic E-state index is 0.0465. The molecule has 0 aliphatic carbocycles. The highest BCUT2D eigenvalue weighted by Gasteiger charge is 2.17. The van der Waals surface area contributed by atoms with Gasteiger partial charge in [-0.2, -0.15) is 0 Å². The van der Waals surface area contributed by atoms with Crippen LogP contribution in [0.25, 0.3) is 0 Å². The largest absolute Gasteiger partial charge is 0.497 e. The van der Waals surface area contributed by atoms with Gasteiger partial charge in [0.1, 0.15) is 5.75 Å². The molecule has 2 aromatic carbocycles. The van der Waals surface area contributed by atoms with Crippen LogP contribution in [0.2, 0.25) is 0 Å². The molecule has 0 heterocycles. The van der Waals surface area contributed by atoms with Crippen molar-refractivity contribution < 1.29 is 9.53 Å². The lowest BCUT2D eigenvalue weighted by Gasteiger charge is -2.26. The minimum atomic E-state index is -0.149. The Balaban J connectivity index is 2.06. The molecule has 122 valence electrons. The second-order valence-corrected chi connectivity index (χ2v) is 6.31. The van der Waals surface area contributed by atoms with Crippen LogP contribution >= 0.6 is 15.9 Å². The molecule has 1 unspecified atom stereocenters. The van der Waals surface area contributed by atoms with E-state index in [1.807, 2.05) is 56.3 Å². The van der Waals surface area contributed by atoms with Crippen molar-refractivity contribution in [3.63, 3.8) is 0 Å². The SMILES string of the molecule is COc1ccc(C(C)N(C)C(=O)Nc2ccc(C)c(Br)c2)cc1. The van der Waals surface area contributed by atoms with Gasteiger partial charge in [0.15, 0.2) is 0 Å². The molecule has 0 radical (unpaired) electrons. The van der Waals surface area contributed by atoms with Crippen LogP contribution in [0.15, 0.2) is 46.9 Å². The Bertz CT molecular complexity index is 686. The number of carbonyl (C=O) groups excluding carboxylic acids is 1. The van der Waals surface area contributed by atoms with Gasteiger partial charge in [-0.3, -0.25) is 0 Å². The Morgan fingerprint density at radius 1 is 1.22 bits per heavy atom. The van der Waals surface area contributed by atoms with Crippen molar-refractivity contribution in [2.45, 2.75) is 19.9 Å². The summed E-state index contributed by atoms with van der Waals surface area (Å²) in [6.07, 6.45) is 0. The third-order valence-corrected chi connectivity index (χ3v) is 4.78. The molecule has 0 bridgehead atoms. The van der Waals surface area contributed by atoms with E-state index in [9.17, 15) is 4.79 Å². The third kappa shape index (κ3) is 4.26. The third-order valence-electron chi connectivity index (χ3n) is 3.92. The molecular formula is C18H21BrN2O2. The van der Waals surface area contributed by atoms with Crippen molar-refractivity contribution >= 4 is 27.6 Å². The summed E-state index contributed by atoms with van der Waals surface area (Å²) in [6, 6.07) is 13.3. The Hall–Kier alpha value is -2.01. The lowest BCUT2D eigenvalue weighted by Crippen LogP contribution is -2.33. The van der Waals surface area contributed by atoms with Crippen molar-refractivity contribution in [1.29, 1.82) is 0 Å². The number of anilines is 1. The van der Waals surface area contributed by atoms with Crippen molar-refractivity contribution in [3.8, 4) is 5.75 Å². The van der Waals surface area contributed by atoms with Crippen molar-refractivity contribution in [2.75, 3.05) is 19.5 Å². The summed E-state index contributed by atoms with van der Waals surface area (Å²) in [5, 5.41) is 2.92.